The number of rotatable bonds is 2. The molecule has 0 aliphatic rings. The molecule has 3 nitrogen and oxygen atoms in total. The largest absolute Gasteiger partial charge is 0.389 e. The number of nitrogens with zero attached hydrogens (tertiary/aromatic N) is 2. The number of aromatic nitrogens is 2. The molecule has 1 N–H and O–H groups in total. The number of aryl methyl sites for hydroxylation is 2. The standard InChI is InChI=1S/C13H15ClN2O/c1-8-6-9(2)16(15-8)13-5-4-11(10(3)17)7-12(13)14/h4-7,10,17H,1-3H3/t10-/m0/s1. The molecule has 0 saturated heterocycles. The van der Waals surface area contributed by atoms with Crippen LogP contribution in [-0.2, 0) is 0 Å². The molecule has 0 spiro atoms. The van der Waals surface area contributed by atoms with E-state index in [0.717, 1.165) is 22.6 Å². The van der Waals surface area contributed by atoms with Gasteiger partial charge < -0.3 is 5.11 Å². The van der Waals surface area contributed by atoms with Crippen LogP contribution in [0.15, 0.2) is 24.3 Å². The van der Waals surface area contributed by atoms with Crippen molar-refractivity contribution >= 4 is 11.6 Å². The molecule has 2 rings (SSSR count). The van der Waals surface area contributed by atoms with Crippen molar-refractivity contribution in [3.05, 3.63) is 46.2 Å². The van der Waals surface area contributed by atoms with Gasteiger partial charge in [0.15, 0.2) is 0 Å². The highest BCUT2D eigenvalue weighted by molar-refractivity contribution is 6.32. The lowest BCUT2D eigenvalue weighted by molar-refractivity contribution is 0.199. The molecular weight excluding hydrogens is 236 g/mol. The van der Waals surface area contributed by atoms with Crippen LogP contribution in [0.5, 0.6) is 0 Å². The summed E-state index contributed by atoms with van der Waals surface area (Å²) >= 11 is 6.22. The van der Waals surface area contributed by atoms with Crippen LogP contribution in [0.1, 0.15) is 30.0 Å². The summed E-state index contributed by atoms with van der Waals surface area (Å²) in [5, 5.41) is 14.5. The summed E-state index contributed by atoms with van der Waals surface area (Å²) in [5.74, 6) is 0. The molecular formula is C13H15ClN2O. The highest BCUT2D eigenvalue weighted by Gasteiger charge is 2.10. The van der Waals surface area contributed by atoms with E-state index in [0.29, 0.717) is 5.02 Å². The van der Waals surface area contributed by atoms with E-state index < -0.39 is 6.10 Å². The third kappa shape index (κ3) is 2.35. The minimum atomic E-state index is -0.512. The van der Waals surface area contributed by atoms with E-state index in [2.05, 4.69) is 5.10 Å². The quantitative estimate of drug-likeness (QED) is 0.889. The zero-order valence-electron chi connectivity index (χ0n) is 10.1. The fourth-order valence-corrected chi connectivity index (χ4v) is 2.10. The van der Waals surface area contributed by atoms with Crippen LogP contribution >= 0.6 is 11.6 Å². The van der Waals surface area contributed by atoms with Crippen molar-refractivity contribution in [2.75, 3.05) is 0 Å². The van der Waals surface area contributed by atoms with E-state index in [1.807, 2.05) is 36.7 Å². The number of aliphatic hydroxyl groups is 1. The van der Waals surface area contributed by atoms with Gasteiger partial charge in [0, 0.05) is 5.69 Å². The summed E-state index contributed by atoms with van der Waals surface area (Å²) in [6.45, 7) is 5.65. The Bertz CT molecular complexity index is 546. The Morgan fingerprint density at radius 2 is 2.00 bits per heavy atom. The second-order valence-corrected chi connectivity index (χ2v) is 4.63. The van der Waals surface area contributed by atoms with E-state index in [-0.39, 0.29) is 0 Å². The van der Waals surface area contributed by atoms with Crippen LogP contribution in [0.25, 0.3) is 5.69 Å². The van der Waals surface area contributed by atoms with Gasteiger partial charge >= 0.3 is 0 Å². The predicted molar refractivity (Wildman–Crippen MR) is 68.7 cm³/mol. The van der Waals surface area contributed by atoms with E-state index in [1.165, 1.54) is 0 Å². The molecule has 0 saturated carbocycles. The van der Waals surface area contributed by atoms with Crippen molar-refractivity contribution < 1.29 is 5.11 Å². The van der Waals surface area contributed by atoms with Gasteiger partial charge in [-0.15, -0.1) is 0 Å². The zero-order valence-corrected chi connectivity index (χ0v) is 10.9. The number of halogens is 1. The van der Waals surface area contributed by atoms with E-state index in [4.69, 9.17) is 11.6 Å². The van der Waals surface area contributed by atoms with Gasteiger partial charge in [0.1, 0.15) is 0 Å². The Hall–Kier alpha value is -1.32. The van der Waals surface area contributed by atoms with Gasteiger partial charge in [0.05, 0.1) is 22.5 Å². The molecule has 90 valence electrons. The van der Waals surface area contributed by atoms with Crippen molar-refractivity contribution in [3.8, 4) is 5.69 Å². The molecule has 0 radical (unpaired) electrons. The van der Waals surface area contributed by atoms with Gasteiger partial charge in [-0.3, -0.25) is 0 Å². The second-order valence-electron chi connectivity index (χ2n) is 4.23. The highest BCUT2D eigenvalue weighted by atomic mass is 35.5. The molecule has 0 unspecified atom stereocenters. The summed E-state index contributed by atoms with van der Waals surface area (Å²) in [5.41, 5.74) is 3.63. The first-order chi connectivity index (χ1) is 7.99. The van der Waals surface area contributed by atoms with Crippen LogP contribution < -0.4 is 0 Å². The van der Waals surface area contributed by atoms with Gasteiger partial charge in [-0.2, -0.15) is 5.10 Å². The highest BCUT2D eigenvalue weighted by Crippen LogP contribution is 2.25. The lowest BCUT2D eigenvalue weighted by Crippen LogP contribution is -2.01. The molecule has 1 aromatic carbocycles. The number of benzene rings is 1. The lowest BCUT2D eigenvalue weighted by atomic mass is 10.1. The smallest absolute Gasteiger partial charge is 0.0835 e. The molecule has 0 amide bonds. The first-order valence-electron chi connectivity index (χ1n) is 5.50. The zero-order chi connectivity index (χ0) is 12.6. The van der Waals surface area contributed by atoms with Crippen LogP contribution in [-0.4, -0.2) is 14.9 Å². The van der Waals surface area contributed by atoms with E-state index in [1.54, 1.807) is 13.0 Å². The Morgan fingerprint density at radius 3 is 2.47 bits per heavy atom. The van der Waals surface area contributed by atoms with Crippen LogP contribution in [0.2, 0.25) is 5.02 Å². The summed E-state index contributed by atoms with van der Waals surface area (Å²) in [6, 6.07) is 7.52. The Balaban J connectivity index is 2.50. The number of hydrogen-bond donors (Lipinski definition) is 1. The first kappa shape index (κ1) is 12.1. The minimum absolute atomic E-state index is 0.512. The molecule has 0 aliphatic carbocycles. The SMILES string of the molecule is Cc1cc(C)n(-c2ccc([C@H](C)O)cc2Cl)n1. The van der Waals surface area contributed by atoms with Crippen molar-refractivity contribution in [2.24, 2.45) is 0 Å². The Kier molecular flexibility index (Phi) is 3.22. The molecule has 0 fully saturated rings. The Labute approximate surface area is 106 Å². The molecule has 17 heavy (non-hydrogen) atoms. The van der Waals surface area contributed by atoms with Gasteiger partial charge in [0.25, 0.3) is 0 Å². The van der Waals surface area contributed by atoms with Gasteiger partial charge in [-0.1, -0.05) is 17.7 Å². The van der Waals surface area contributed by atoms with Crippen molar-refractivity contribution in [1.29, 1.82) is 0 Å². The first-order valence-corrected chi connectivity index (χ1v) is 5.88. The van der Waals surface area contributed by atoms with Crippen molar-refractivity contribution in [3.63, 3.8) is 0 Å². The van der Waals surface area contributed by atoms with Crippen molar-refractivity contribution in [1.82, 2.24) is 9.78 Å². The second kappa shape index (κ2) is 4.51. The summed E-state index contributed by atoms with van der Waals surface area (Å²) < 4.78 is 1.81. The predicted octanol–water partition coefficient (Wildman–Crippen LogP) is 3.20. The molecule has 4 heteroatoms. The topological polar surface area (TPSA) is 38.0 Å². The fourth-order valence-electron chi connectivity index (χ4n) is 1.83. The molecule has 1 atom stereocenters. The monoisotopic (exact) mass is 250 g/mol. The van der Waals surface area contributed by atoms with Gasteiger partial charge in [-0.05, 0) is 44.5 Å². The maximum absolute atomic E-state index is 9.49. The molecule has 0 aliphatic heterocycles. The minimum Gasteiger partial charge on any atom is -0.389 e. The van der Waals surface area contributed by atoms with Gasteiger partial charge in [-0.25, -0.2) is 4.68 Å². The van der Waals surface area contributed by atoms with Crippen molar-refractivity contribution in [2.45, 2.75) is 26.9 Å². The molecule has 1 heterocycles. The van der Waals surface area contributed by atoms with Gasteiger partial charge in [0.2, 0.25) is 0 Å². The average Bonchev–Trinajstić information content (AvgIpc) is 2.57. The molecule has 2 aromatic rings. The normalized spacial score (nSPS) is 12.8. The summed E-state index contributed by atoms with van der Waals surface area (Å²) in [4.78, 5) is 0. The van der Waals surface area contributed by atoms with E-state index >= 15 is 0 Å². The molecule has 1 aromatic heterocycles. The van der Waals surface area contributed by atoms with Crippen LogP contribution in [0, 0.1) is 13.8 Å². The summed E-state index contributed by atoms with van der Waals surface area (Å²) in [7, 11) is 0. The maximum atomic E-state index is 9.49. The number of aliphatic hydroxyl groups excluding tert-OH is 1. The molecule has 0 bridgehead atoms. The fraction of sp³-hybridized carbons (Fsp3) is 0.308. The summed E-state index contributed by atoms with van der Waals surface area (Å²) in [6.07, 6.45) is -0.512. The maximum Gasteiger partial charge on any atom is 0.0835 e. The lowest BCUT2D eigenvalue weighted by Gasteiger charge is -2.10. The third-order valence-electron chi connectivity index (χ3n) is 2.69. The Morgan fingerprint density at radius 1 is 1.29 bits per heavy atom. The average molecular weight is 251 g/mol. The van der Waals surface area contributed by atoms with Crippen LogP contribution in [0.3, 0.4) is 0 Å². The van der Waals surface area contributed by atoms with E-state index in [9.17, 15) is 5.11 Å². The number of hydrogen-bond acceptors (Lipinski definition) is 2. The van der Waals surface area contributed by atoms with Crippen LogP contribution in [0.4, 0.5) is 0 Å². The third-order valence-corrected chi connectivity index (χ3v) is 2.99.